The van der Waals surface area contributed by atoms with Gasteiger partial charge < -0.3 is 10.6 Å². The van der Waals surface area contributed by atoms with Crippen LogP contribution in [-0.4, -0.2) is 29.9 Å². The van der Waals surface area contributed by atoms with E-state index in [4.69, 9.17) is 5.73 Å². The number of nitrogens with two attached hydrogens (primary N) is 1. The van der Waals surface area contributed by atoms with Gasteiger partial charge in [-0.15, -0.1) is 0 Å². The van der Waals surface area contributed by atoms with Crippen LogP contribution in [0.25, 0.3) is 0 Å². The summed E-state index contributed by atoms with van der Waals surface area (Å²) in [6, 6.07) is 4.52. The van der Waals surface area contributed by atoms with Crippen LogP contribution in [0.15, 0.2) is 12.1 Å². The molecule has 1 aliphatic rings. The molecule has 2 rings (SSSR count). The highest BCUT2D eigenvalue weighted by Crippen LogP contribution is 2.25. The molecular formula is C17H26N2O. The van der Waals surface area contributed by atoms with E-state index < -0.39 is 0 Å². The third-order valence-corrected chi connectivity index (χ3v) is 4.28. The van der Waals surface area contributed by atoms with Crippen LogP contribution in [0.2, 0.25) is 0 Å². The average molecular weight is 274 g/mol. The number of hydrogen-bond donors (Lipinski definition) is 1. The highest BCUT2D eigenvalue weighted by Gasteiger charge is 2.28. The van der Waals surface area contributed by atoms with Crippen molar-refractivity contribution in [1.29, 1.82) is 0 Å². The minimum absolute atomic E-state index is 0.193. The standard InChI is InChI=1S/C17H26N2O/c1-12-10-13(2)16(14(3)11-12)17(20)19-9-5-4-6-15(19)7-8-18/h10-11,15H,4-9,18H2,1-3H3. The maximum absolute atomic E-state index is 12.9. The molecule has 1 aliphatic heterocycles. The van der Waals surface area contributed by atoms with Gasteiger partial charge in [0.1, 0.15) is 0 Å². The maximum Gasteiger partial charge on any atom is 0.254 e. The minimum atomic E-state index is 0.193. The highest BCUT2D eigenvalue weighted by atomic mass is 16.2. The summed E-state index contributed by atoms with van der Waals surface area (Å²) in [6.45, 7) is 7.67. The lowest BCUT2D eigenvalue weighted by Gasteiger charge is -2.36. The molecule has 1 heterocycles. The molecule has 3 nitrogen and oxygen atoms in total. The first-order valence-electron chi connectivity index (χ1n) is 7.63. The fourth-order valence-corrected chi connectivity index (χ4v) is 3.42. The Hall–Kier alpha value is -1.35. The Morgan fingerprint density at radius 3 is 2.50 bits per heavy atom. The summed E-state index contributed by atoms with van der Waals surface area (Å²) in [5.74, 6) is 0.193. The number of carbonyl (C=O) groups is 1. The summed E-state index contributed by atoms with van der Waals surface area (Å²) in [5, 5.41) is 0. The Labute approximate surface area is 122 Å². The number of nitrogens with zero attached hydrogens (tertiary/aromatic N) is 1. The third-order valence-electron chi connectivity index (χ3n) is 4.28. The monoisotopic (exact) mass is 274 g/mol. The summed E-state index contributed by atoms with van der Waals surface area (Å²) in [4.78, 5) is 15.0. The summed E-state index contributed by atoms with van der Waals surface area (Å²) >= 11 is 0. The first kappa shape index (κ1) is 15.0. The zero-order valence-electron chi connectivity index (χ0n) is 12.9. The number of aryl methyl sites for hydroxylation is 3. The van der Waals surface area contributed by atoms with Gasteiger partial charge in [-0.3, -0.25) is 4.79 Å². The molecule has 1 aromatic carbocycles. The van der Waals surface area contributed by atoms with Crippen molar-refractivity contribution in [2.75, 3.05) is 13.1 Å². The average Bonchev–Trinajstić information content (AvgIpc) is 2.38. The molecule has 0 saturated carbocycles. The van der Waals surface area contributed by atoms with Gasteiger partial charge in [-0.1, -0.05) is 17.7 Å². The van der Waals surface area contributed by atoms with E-state index in [9.17, 15) is 4.79 Å². The van der Waals surface area contributed by atoms with Gasteiger partial charge in [0.25, 0.3) is 5.91 Å². The lowest BCUT2D eigenvalue weighted by Crippen LogP contribution is -2.45. The Morgan fingerprint density at radius 1 is 1.25 bits per heavy atom. The molecule has 0 radical (unpaired) electrons. The van der Waals surface area contributed by atoms with Gasteiger partial charge in [-0.05, 0) is 64.1 Å². The summed E-state index contributed by atoms with van der Waals surface area (Å²) < 4.78 is 0. The number of amides is 1. The van der Waals surface area contributed by atoms with E-state index in [1.807, 2.05) is 13.8 Å². The molecule has 3 heteroatoms. The van der Waals surface area contributed by atoms with Crippen LogP contribution in [0.4, 0.5) is 0 Å². The van der Waals surface area contributed by atoms with Crippen LogP contribution in [0, 0.1) is 20.8 Å². The fraction of sp³-hybridized carbons (Fsp3) is 0.588. The first-order valence-corrected chi connectivity index (χ1v) is 7.63. The van der Waals surface area contributed by atoms with Crippen molar-refractivity contribution in [3.05, 3.63) is 34.4 Å². The van der Waals surface area contributed by atoms with E-state index in [0.29, 0.717) is 12.6 Å². The quantitative estimate of drug-likeness (QED) is 0.921. The van der Waals surface area contributed by atoms with E-state index >= 15 is 0 Å². The molecule has 1 unspecified atom stereocenters. The Balaban J connectivity index is 2.30. The molecule has 1 saturated heterocycles. The Kier molecular flexibility index (Phi) is 4.81. The van der Waals surface area contributed by atoms with Crippen LogP contribution >= 0.6 is 0 Å². The molecule has 1 fully saturated rings. The molecule has 0 bridgehead atoms. The van der Waals surface area contributed by atoms with Gasteiger partial charge in [0.05, 0.1) is 0 Å². The predicted molar refractivity (Wildman–Crippen MR) is 83.0 cm³/mol. The van der Waals surface area contributed by atoms with Gasteiger partial charge in [0.2, 0.25) is 0 Å². The molecule has 20 heavy (non-hydrogen) atoms. The lowest BCUT2D eigenvalue weighted by atomic mass is 9.94. The molecule has 0 spiro atoms. The largest absolute Gasteiger partial charge is 0.336 e. The van der Waals surface area contributed by atoms with Gasteiger partial charge in [0.15, 0.2) is 0 Å². The van der Waals surface area contributed by atoms with E-state index in [1.54, 1.807) is 0 Å². The number of carbonyl (C=O) groups excluding carboxylic acids is 1. The van der Waals surface area contributed by atoms with E-state index in [-0.39, 0.29) is 5.91 Å². The van der Waals surface area contributed by atoms with Gasteiger partial charge in [0, 0.05) is 18.2 Å². The normalized spacial score (nSPS) is 19.2. The lowest BCUT2D eigenvalue weighted by molar-refractivity contribution is 0.0603. The molecule has 2 N–H and O–H groups in total. The topological polar surface area (TPSA) is 46.3 Å². The Morgan fingerprint density at radius 2 is 1.90 bits per heavy atom. The van der Waals surface area contributed by atoms with Crippen molar-refractivity contribution in [3.8, 4) is 0 Å². The van der Waals surface area contributed by atoms with Crippen molar-refractivity contribution in [1.82, 2.24) is 4.90 Å². The van der Waals surface area contributed by atoms with E-state index in [1.165, 1.54) is 12.0 Å². The predicted octanol–water partition coefficient (Wildman–Crippen LogP) is 2.96. The Bertz CT molecular complexity index is 471. The highest BCUT2D eigenvalue weighted by molar-refractivity contribution is 5.97. The van der Waals surface area contributed by atoms with Gasteiger partial charge in [-0.2, -0.15) is 0 Å². The zero-order valence-corrected chi connectivity index (χ0v) is 12.9. The van der Waals surface area contributed by atoms with Crippen molar-refractivity contribution in [2.45, 2.75) is 52.5 Å². The first-order chi connectivity index (χ1) is 9.54. The molecule has 1 aromatic rings. The second-order valence-corrected chi connectivity index (χ2v) is 6.00. The zero-order chi connectivity index (χ0) is 14.7. The summed E-state index contributed by atoms with van der Waals surface area (Å²) in [7, 11) is 0. The van der Waals surface area contributed by atoms with Crippen LogP contribution in [0.3, 0.4) is 0 Å². The number of piperidine rings is 1. The van der Waals surface area contributed by atoms with Crippen LogP contribution in [0.1, 0.15) is 52.7 Å². The summed E-state index contributed by atoms with van der Waals surface area (Å²) in [6.07, 6.45) is 4.32. The van der Waals surface area contributed by atoms with Crippen molar-refractivity contribution in [3.63, 3.8) is 0 Å². The molecule has 110 valence electrons. The molecule has 0 aromatic heterocycles. The fourth-order valence-electron chi connectivity index (χ4n) is 3.42. The summed E-state index contributed by atoms with van der Waals surface area (Å²) in [5.41, 5.74) is 9.98. The van der Waals surface area contributed by atoms with Crippen LogP contribution < -0.4 is 5.73 Å². The second-order valence-electron chi connectivity index (χ2n) is 6.00. The second kappa shape index (κ2) is 6.40. The maximum atomic E-state index is 12.9. The molecule has 1 amide bonds. The SMILES string of the molecule is Cc1cc(C)c(C(=O)N2CCCCC2CCN)c(C)c1. The minimum Gasteiger partial charge on any atom is -0.336 e. The number of likely N-dealkylation sites (tertiary alicyclic amines) is 1. The number of benzene rings is 1. The molecule has 1 atom stereocenters. The van der Waals surface area contributed by atoms with Gasteiger partial charge >= 0.3 is 0 Å². The smallest absolute Gasteiger partial charge is 0.254 e. The third kappa shape index (κ3) is 3.04. The number of hydrogen-bond acceptors (Lipinski definition) is 2. The van der Waals surface area contributed by atoms with Crippen LogP contribution in [-0.2, 0) is 0 Å². The van der Waals surface area contributed by atoms with Crippen LogP contribution in [0.5, 0.6) is 0 Å². The number of rotatable bonds is 3. The van der Waals surface area contributed by atoms with Crippen molar-refractivity contribution in [2.24, 2.45) is 5.73 Å². The van der Waals surface area contributed by atoms with Crippen molar-refractivity contribution < 1.29 is 4.79 Å². The molecular weight excluding hydrogens is 248 g/mol. The van der Waals surface area contributed by atoms with Gasteiger partial charge in [-0.25, -0.2) is 0 Å². The van der Waals surface area contributed by atoms with E-state index in [2.05, 4.69) is 24.0 Å². The molecule has 0 aliphatic carbocycles. The van der Waals surface area contributed by atoms with E-state index in [0.717, 1.165) is 42.5 Å². The van der Waals surface area contributed by atoms with Crippen molar-refractivity contribution >= 4 is 5.91 Å².